The molecule has 0 fully saturated rings. The maximum atomic E-state index is 5.12. The van der Waals surface area contributed by atoms with Gasteiger partial charge in [0, 0.05) is 40.0 Å². The zero-order chi connectivity index (χ0) is 38.7. The molecule has 6 heteroatoms. The van der Waals surface area contributed by atoms with Crippen LogP contribution in [0.5, 0.6) is 0 Å². The van der Waals surface area contributed by atoms with Crippen molar-refractivity contribution < 1.29 is 0 Å². The maximum Gasteiger partial charge on any atom is 0.164 e. The largest absolute Gasteiger partial charge is 0.254 e. The van der Waals surface area contributed by atoms with Crippen LogP contribution in [0.2, 0.25) is 0 Å². The van der Waals surface area contributed by atoms with Gasteiger partial charge in [-0.1, -0.05) is 170 Å². The van der Waals surface area contributed by atoms with E-state index in [0.29, 0.717) is 17.5 Å². The van der Waals surface area contributed by atoms with E-state index in [1.807, 2.05) is 103 Å². The molecular formula is C52H34N6. The van der Waals surface area contributed by atoms with Crippen molar-refractivity contribution in [2.75, 3.05) is 0 Å². The fourth-order valence-corrected chi connectivity index (χ4v) is 7.22. The van der Waals surface area contributed by atoms with Crippen LogP contribution in [-0.2, 0) is 0 Å². The number of fused-ring (bicyclic) bond motifs is 1. The molecule has 4 aromatic heterocycles. The Bertz CT molecular complexity index is 2940. The SMILES string of the molecule is c1ccc(-c2cc(-c3ccc(-c4ccc(-c5ccc(-c6nc(-c7ccccc7)nc(-c7ccccc7)n6)cc5)cc4)cn3)nc(-c3nccc4ccccc34)c2)cc1. The molecule has 0 aliphatic rings. The summed E-state index contributed by atoms with van der Waals surface area (Å²) < 4.78 is 0. The second-order valence-corrected chi connectivity index (χ2v) is 14.0. The topological polar surface area (TPSA) is 77.3 Å². The van der Waals surface area contributed by atoms with E-state index in [-0.39, 0.29) is 0 Å². The lowest BCUT2D eigenvalue weighted by molar-refractivity contribution is 1.07. The van der Waals surface area contributed by atoms with Crippen molar-refractivity contribution in [3.63, 3.8) is 0 Å². The van der Waals surface area contributed by atoms with Gasteiger partial charge >= 0.3 is 0 Å². The van der Waals surface area contributed by atoms with E-state index < -0.39 is 0 Å². The molecule has 0 spiro atoms. The molecule has 0 amide bonds. The van der Waals surface area contributed by atoms with Crippen LogP contribution in [0.1, 0.15) is 0 Å². The van der Waals surface area contributed by atoms with E-state index in [9.17, 15) is 0 Å². The van der Waals surface area contributed by atoms with Crippen LogP contribution in [0.3, 0.4) is 0 Å². The second kappa shape index (κ2) is 15.3. The Kier molecular flexibility index (Phi) is 9.10. The fourth-order valence-electron chi connectivity index (χ4n) is 7.22. The average molecular weight is 743 g/mol. The molecule has 0 saturated carbocycles. The van der Waals surface area contributed by atoms with Crippen LogP contribution in [0, 0.1) is 0 Å². The van der Waals surface area contributed by atoms with Crippen molar-refractivity contribution in [3.05, 3.63) is 207 Å². The van der Waals surface area contributed by atoms with Crippen LogP contribution < -0.4 is 0 Å². The van der Waals surface area contributed by atoms with Gasteiger partial charge in [0.15, 0.2) is 17.5 Å². The highest BCUT2D eigenvalue weighted by atomic mass is 15.0. The van der Waals surface area contributed by atoms with Crippen molar-refractivity contribution >= 4 is 10.8 Å². The summed E-state index contributed by atoms with van der Waals surface area (Å²) in [5.74, 6) is 1.92. The predicted octanol–water partition coefficient (Wildman–Crippen LogP) is 12.5. The Hall–Kier alpha value is -7.96. The van der Waals surface area contributed by atoms with E-state index in [4.69, 9.17) is 29.9 Å². The third-order valence-corrected chi connectivity index (χ3v) is 10.3. The molecule has 10 rings (SSSR count). The highest BCUT2D eigenvalue weighted by Crippen LogP contribution is 2.33. The Labute approximate surface area is 336 Å². The van der Waals surface area contributed by atoms with Crippen molar-refractivity contribution in [3.8, 4) is 90.3 Å². The van der Waals surface area contributed by atoms with Gasteiger partial charge in [-0.3, -0.25) is 9.97 Å². The van der Waals surface area contributed by atoms with Gasteiger partial charge in [0.25, 0.3) is 0 Å². The molecule has 6 nitrogen and oxygen atoms in total. The van der Waals surface area contributed by atoms with Gasteiger partial charge in [-0.15, -0.1) is 0 Å². The van der Waals surface area contributed by atoms with E-state index in [1.54, 1.807) is 0 Å². The molecule has 0 radical (unpaired) electrons. The standard InChI is InChI=1S/C52H34N6/c1-4-12-35(13-5-1)44-32-47(55-48(33-44)49-45-19-11-10-14-39(45)30-31-53-49)46-29-28-43(34-54-46)38-22-20-36(21-23-38)37-24-26-42(27-25-37)52-57-50(40-15-6-2-7-16-40)56-51(58-52)41-17-8-3-9-18-41/h1-34H. The molecular weight excluding hydrogens is 709 g/mol. The van der Waals surface area contributed by atoms with Crippen LogP contribution in [0.4, 0.5) is 0 Å². The molecule has 0 unspecified atom stereocenters. The molecule has 0 atom stereocenters. The minimum absolute atomic E-state index is 0.633. The highest BCUT2D eigenvalue weighted by molar-refractivity contribution is 5.94. The number of nitrogens with zero attached hydrogens (tertiary/aromatic N) is 6. The van der Waals surface area contributed by atoms with Gasteiger partial charge in [0.05, 0.1) is 22.8 Å². The first-order valence-electron chi connectivity index (χ1n) is 19.2. The molecule has 0 aliphatic heterocycles. The van der Waals surface area contributed by atoms with Crippen LogP contribution in [0.25, 0.3) is 101 Å². The minimum Gasteiger partial charge on any atom is -0.254 e. The summed E-state index contributed by atoms with van der Waals surface area (Å²) in [5.41, 5.74) is 12.6. The normalized spacial score (nSPS) is 11.1. The lowest BCUT2D eigenvalue weighted by atomic mass is 9.99. The van der Waals surface area contributed by atoms with Gasteiger partial charge in [-0.25, -0.2) is 19.9 Å². The Balaban J connectivity index is 0.922. The third-order valence-electron chi connectivity index (χ3n) is 10.3. The lowest BCUT2D eigenvalue weighted by Crippen LogP contribution is -2.00. The Morgan fingerprint density at radius 3 is 1.29 bits per heavy atom. The van der Waals surface area contributed by atoms with E-state index in [0.717, 1.165) is 83.6 Å². The van der Waals surface area contributed by atoms with E-state index >= 15 is 0 Å². The highest BCUT2D eigenvalue weighted by Gasteiger charge is 2.15. The quantitative estimate of drug-likeness (QED) is 0.154. The van der Waals surface area contributed by atoms with Crippen molar-refractivity contribution in [2.45, 2.75) is 0 Å². The summed E-state index contributed by atoms with van der Waals surface area (Å²) >= 11 is 0. The molecule has 0 bridgehead atoms. The third kappa shape index (κ3) is 7.02. The summed E-state index contributed by atoms with van der Waals surface area (Å²) in [6.45, 7) is 0. The van der Waals surface area contributed by atoms with Crippen LogP contribution in [-0.4, -0.2) is 29.9 Å². The molecule has 272 valence electrons. The average Bonchev–Trinajstić information content (AvgIpc) is 3.32. The Morgan fingerprint density at radius 2 is 0.724 bits per heavy atom. The number of pyridine rings is 3. The summed E-state index contributed by atoms with van der Waals surface area (Å²) in [4.78, 5) is 29.4. The number of benzene rings is 6. The number of hydrogen-bond acceptors (Lipinski definition) is 6. The number of hydrogen-bond donors (Lipinski definition) is 0. The zero-order valence-corrected chi connectivity index (χ0v) is 31.3. The predicted molar refractivity (Wildman–Crippen MR) is 234 cm³/mol. The summed E-state index contributed by atoms with van der Waals surface area (Å²) in [6, 6.07) is 66.1. The monoisotopic (exact) mass is 742 g/mol. The lowest BCUT2D eigenvalue weighted by Gasteiger charge is -2.11. The molecule has 0 saturated heterocycles. The molecule has 4 heterocycles. The summed E-state index contributed by atoms with van der Waals surface area (Å²) in [6.07, 6.45) is 3.77. The Morgan fingerprint density at radius 1 is 0.276 bits per heavy atom. The first kappa shape index (κ1) is 34.5. The first-order chi connectivity index (χ1) is 28.7. The maximum absolute atomic E-state index is 5.12. The van der Waals surface area contributed by atoms with Gasteiger partial charge in [-0.2, -0.15) is 0 Å². The van der Waals surface area contributed by atoms with Crippen molar-refractivity contribution in [1.82, 2.24) is 29.9 Å². The fraction of sp³-hybridized carbons (Fsp3) is 0. The van der Waals surface area contributed by atoms with E-state index in [2.05, 4.69) is 103 Å². The summed E-state index contributed by atoms with van der Waals surface area (Å²) in [7, 11) is 0. The second-order valence-electron chi connectivity index (χ2n) is 14.0. The molecule has 58 heavy (non-hydrogen) atoms. The number of aromatic nitrogens is 6. The van der Waals surface area contributed by atoms with Gasteiger partial charge in [-0.05, 0) is 57.5 Å². The molecule has 0 aliphatic carbocycles. The van der Waals surface area contributed by atoms with Gasteiger partial charge in [0.1, 0.15) is 0 Å². The molecule has 6 aromatic carbocycles. The van der Waals surface area contributed by atoms with Gasteiger partial charge < -0.3 is 0 Å². The van der Waals surface area contributed by atoms with Crippen molar-refractivity contribution in [1.29, 1.82) is 0 Å². The van der Waals surface area contributed by atoms with Crippen molar-refractivity contribution in [2.24, 2.45) is 0 Å². The molecule has 10 aromatic rings. The smallest absolute Gasteiger partial charge is 0.164 e. The van der Waals surface area contributed by atoms with E-state index in [1.165, 1.54) is 0 Å². The van der Waals surface area contributed by atoms with Gasteiger partial charge in [0.2, 0.25) is 0 Å². The minimum atomic E-state index is 0.633. The molecule has 0 N–H and O–H groups in total. The first-order valence-corrected chi connectivity index (χ1v) is 19.2. The zero-order valence-electron chi connectivity index (χ0n) is 31.3. The van der Waals surface area contributed by atoms with Crippen LogP contribution in [0.15, 0.2) is 207 Å². The number of rotatable bonds is 8. The summed E-state index contributed by atoms with van der Waals surface area (Å²) in [5, 5.41) is 2.19. The van der Waals surface area contributed by atoms with Crippen LogP contribution >= 0.6 is 0 Å².